The molecule has 2 saturated heterocycles. The zero-order valence-corrected chi connectivity index (χ0v) is 16.3. The van der Waals surface area contributed by atoms with Crippen LogP contribution in [0.4, 0.5) is 0 Å². The van der Waals surface area contributed by atoms with Crippen molar-refractivity contribution >= 4 is 23.6 Å². The van der Waals surface area contributed by atoms with E-state index in [1.54, 1.807) is 12.1 Å². The van der Waals surface area contributed by atoms with Crippen molar-refractivity contribution < 1.29 is 19.2 Å². The molecule has 4 rings (SSSR count). The molecule has 4 amide bonds. The Hall–Kier alpha value is -2.58. The molecule has 0 spiro atoms. The van der Waals surface area contributed by atoms with E-state index in [4.69, 9.17) is 0 Å². The second-order valence-corrected chi connectivity index (χ2v) is 7.94. The van der Waals surface area contributed by atoms with E-state index in [0.29, 0.717) is 23.7 Å². The summed E-state index contributed by atoms with van der Waals surface area (Å²) in [6.45, 7) is 2.70. The third-order valence-electron chi connectivity index (χ3n) is 5.92. The summed E-state index contributed by atoms with van der Waals surface area (Å²) in [6, 6.07) is 4.76. The molecule has 2 fully saturated rings. The highest BCUT2D eigenvalue weighted by atomic mass is 16.2. The second-order valence-electron chi connectivity index (χ2n) is 7.94. The summed E-state index contributed by atoms with van der Waals surface area (Å²) in [7, 11) is 0. The van der Waals surface area contributed by atoms with Gasteiger partial charge >= 0.3 is 0 Å². The molecule has 154 valence electrons. The predicted octanol–water partition coefficient (Wildman–Crippen LogP) is 0.710. The van der Waals surface area contributed by atoms with Crippen LogP contribution in [0.3, 0.4) is 0 Å². The van der Waals surface area contributed by atoms with Gasteiger partial charge in [0, 0.05) is 19.0 Å². The van der Waals surface area contributed by atoms with Crippen LogP contribution in [0.5, 0.6) is 0 Å². The van der Waals surface area contributed by atoms with Gasteiger partial charge in [0.1, 0.15) is 6.04 Å². The van der Waals surface area contributed by atoms with Crippen LogP contribution >= 0.6 is 0 Å². The molecule has 3 heterocycles. The van der Waals surface area contributed by atoms with E-state index in [0.717, 1.165) is 36.4 Å². The number of hydrogen-bond donors (Lipinski definition) is 3. The van der Waals surface area contributed by atoms with Gasteiger partial charge < -0.3 is 10.6 Å². The summed E-state index contributed by atoms with van der Waals surface area (Å²) >= 11 is 0. The number of nitrogens with zero attached hydrogens (tertiary/aromatic N) is 1. The van der Waals surface area contributed by atoms with Crippen LogP contribution in [0, 0.1) is 0 Å². The highest BCUT2D eigenvalue weighted by Crippen LogP contribution is 2.28. The highest BCUT2D eigenvalue weighted by molar-refractivity contribution is 6.23. The van der Waals surface area contributed by atoms with E-state index in [9.17, 15) is 19.2 Å². The number of hydrogen-bond acceptors (Lipinski definition) is 6. The van der Waals surface area contributed by atoms with Crippen molar-refractivity contribution in [2.45, 2.75) is 57.2 Å². The van der Waals surface area contributed by atoms with Crippen LogP contribution in [-0.2, 0) is 16.1 Å². The molecule has 8 heteroatoms. The van der Waals surface area contributed by atoms with Crippen LogP contribution in [0.25, 0.3) is 0 Å². The van der Waals surface area contributed by atoms with Gasteiger partial charge in [-0.25, -0.2) is 0 Å². The first-order valence-electron chi connectivity index (χ1n) is 10.3. The molecule has 3 aliphatic rings. The van der Waals surface area contributed by atoms with Crippen molar-refractivity contribution in [3.05, 3.63) is 34.9 Å². The smallest absolute Gasteiger partial charge is 0.262 e. The normalized spacial score (nSPS) is 25.4. The monoisotopic (exact) mass is 398 g/mol. The Morgan fingerprint density at radius 1 is 0.966 bits per heavy atom. The minimum atomic E-state index is -0.927. The van der Waals surface area contributed by atoms with E-state index in [1.165, 1.54) is 12.8 Å². The summed E-state index contributed by atoms with van der Waals surface area (Å²) in [5.74, 6) is -1.89. The summed E-state index contributed by atoms with van der Waals surface area (Å²) in [4.78, 5) is 50.1. The molecule has 0 saturated carbocycles. The Kier molecular flexibility index (Phi) is 5.73. The number of nitrogens with one attached hydrogen (secondary N) is 3. The quantitative estimate of drug-likeness (QED) is 0.645. The third-order valence-corrected chi connectivity index (χ3v) is 5.92. The minimum absolute atomic E-state index is 0.120. The molecule has 0 aromatic heterocycles. The first-order valence-corrected chi connectivity index (χ1v) is 10.3. The number of rotatable bonds is 4. The number of amides is 4. The molecule has 0 radical (unpaired) electrons. The van der Waals surface area contributed by atoms with Crippen LogP contribution < -0.4 is 16.0 Å². The number of carbonyl (C=O) groups excluding carboxylic acids is 4. The molecule has 0 aliphatic carbocycles. The highest BCUT2D eigenvalue weighted by Gasteiger charge is 2.44. The fourth-order valence-electron chi connectivity index (χ4n) is 4.28. The van der Waals surface area contributed by atoms with Crippen LogP contribution in [0.2, 0.25) is 0 Å². The van der Waals surface area contributed by atoms with E-state index < -0.39 is 23.8 Å². The number of fused-ring (bicyclic) bond motifs is 1. The number of carbonyl (C=O) groups is 4. The largest absolute Gasteiger partial charge is 0.317 e. The fourth-order valence-corrected chi connectivity index (χ4v) is 4.28. The molecule has 1 aromatic carbocycles. The van der Waals surface area contributed by atoms with Gasteiger partial charge in [-0.05, 0) is 56.5 Å². The lowest BCUT2D eigenvalue weighted by Gasteiger charge is -2.27. The van der Waals surface area contributed by atoms with E-state index in [1.807, 2.05) is 6.07 Å². The van der Waals surface area contributed by atoms with Crippen molar-refractivity contribution in [3.63, 3.8) is 0 Å². The molecule has 2 atom stereocenters. The molecule has 2 unspecified atom stereocenters. The summed E-state index contributed by atoms with van der Waals surface area (Å²) in [5, 5.41) is 9.19. The van der Waals surface area contributed by atoms with Crippen molar-refractivity contribution in [3.8, 4) is 0 Å². The van der Waals surface area contributed by atoms with Gasteiger partial charge in [-0.2, -0.15) is 0 Å². The number of piperidine rings is 1. The first-order chi connectivity index (χ1) is 14.0. The van der Waals surface area contributed by atoms with Crippen molar-refractivity contribution in [1.82, 2.24) is 20.9 Å². The maximum Gasteiger partial charge on any atom is 0.262 e. The van der Waals surface area contributed by atoms with Crippen LogP contribution in [-0.4, -0.2) is 53.7 Å². The zero-order valence-electron chi connectivity index (χ0n) is 16.3. The molecule has 3 aliphatic heterocycles. The van der Waals surface area contributed by atoms with E-state index >= 15 is 0 Å². The average molecular weight is 398 g/mol. The average Bonchev–Trinajstić information content (AvgIpc) is 2.92. The molecule has 29 heavy (non-hydrogen) atoms. The lowest BCUT2D eigenvalue weighted by atomic mass is 10.0. The Balaban J connectivity index is 1.45. The predicted molar refractivity (Wildman–Crippen MR) is 105 cm³/mol. The summed E-state index contributed by atoms with van der Waals surface area (Å²) in [6.07, 6.45) is 4.85. The third kappa shape index (κ3) is 4.09. The summed E-state index contributed by atoms with van der Waals surface area (Å²) < 4.78 is 0. The van der Waals surface area contributed by atoms with Crippen molar-refractivity contribution in [2.75, 3.05) is 13.1 Å². The van der Waals surface area contributed by atoms with Crippen molar-refractivity contribution in [1.29, 1.82) is 0 Å². The topological polar surface area (TPSA) is 108 Å². The number of benzene rings is 1. The molecular weight excluding hydrogens is 372 g/mol. The first kappa shape index (κ1) is 19.7. The van der Waals surface area contributed by atoms with Gasteiger partial charge in [-0.1, -0.05) is 12.5 Å². The SMILES string of the molecule is O=C1CCC(N2C(=O)c3ccc(CNC4CCCCNCC4)cc3C2=O)C(=O)N1. The van der Waals surface area contributed by atoms with Gasteiger partial charge in [0.05, 0.1) is 11.1 Å². The standard InChI is InChI=1S/C21H26N4O4/c26-18-7-6-17(19(27)24-18)25-20(28)15-5-4-13(11-16(15)21(25)29)12-23-14-3-1-2-9-22-10-8-14/h4-5,11,14,17,22-23H,1-3,6-10,12H2,(H,24,26,27). The van der Waals surface area contributed by atoms with Gasteiger partial charge in [0.2, 0.25) is 11.8 Å². The summed E-state index contributed by atoms with van der Waals surface area (Å²) in [5.41, 5.74) is 1.59. The molecular formula is C21H26N4O4. The Morgan fingerprint density at radius 3 is 2.62 bits per heavy atom. The lowest BCUT2D eigenvalue weighted by Crippen LogP contribution is -2.54. The van der Waals surface area contributed by atoms with Crippen molar-refractivity contribution in [2.24, 2.45) is 0 Å². The Bertz CT molecular complexity index is 845. The Morgan fingerprint density at radius 2 is 1.79 bits per heavy atom. The van der Waals surface area contributed by atoms with Crippen LogP contribution in [0.1, 0.15) is 64.8 Å². The molecule has 0 bridgehead atoms. The second kappa shape index (κ2) is 8.42. The zero-order chi connectivity index (χ0) is 20.4. The molecule has 8 nitrogen and oxygen atoms in total. The van der Waals surface area contributed by atoms with Gasteiger partial charge in [0.25, 0.3) is 11.8 Å². The Labute approximate surface area is 169 Å². The molecule has 3 N–H and O–H groups in total. The maximum atomic E-state index is 12.9. The van der Waals surface area contributed by atoms with Gasteiger partial charge in [-0.15, -0.1) is 0 Å². The lowest BCUT2D eigenvalue weighted by molar-refractivity contribution is -0.136. The van der Waals surface area contributed by atoms with Gasteiger partial charge in [-0.3, -0.25) is 29.4 Å². The van der Waals surface area contributed by atoms with E-state index in [2.05, 4.69) is 16.0 Å². The minimum Gasteiger partial charge on any atom is -0.317 e. The van der Waals surface area contributed by atoms with Gasteiger partial charge in [0.15, 0.2) is 0 Å². The number of imide groups is 2. The van der Waals surface area contributed by atoms with E-state index in [-0.39, 0.29) is 18.7 Å². The molecule has 1 aromatic rings. The maximum absolute atomic E-state index is 12.9. The fraction of sp³-hybridized carbons (Fsp3) is 0.524. The van der Waals surface area contributed by atoms with Crippen LogP contribution in [0.15, 0.2) is 18.2 Å².